The molecule has 3 aromatic rings. The zero-order chi connectivity index (χ0) is 19.4. The molecule has 0 aliphatic carbocycles. The Balaban J connectivity index is 1.76. The third-order valence-electron chi connectivity index (χ3n) is 3.87. The lowest BCUT2D eigenvalue weighted by molar-refractivity contribution is -0.385. The van der Waals surface area contributed by atoms with Crippen LogP contribution >= 0.6 is 11.3 Å². The number of amides is 2. The van der Waals surface area contributed by atoms with Crippen LogP contribution in [-0.2, 0) is 0 Å². The van der Waals surface area contributed by atoms with Gasteiger partial charge in [-0.1, -0.05) is 18.2 Å². The summed E-state index contributed by atoms with van der Waals surface area (Å²) >= 11 is 1.33. The van der Waals surface area contributed by atoms with E-state index in [1.807, 2.05) is 5.38 Å². The predicted octanol–water partition coefficient (Wildman–Crippen LogP) is 4.47. The number of nitro benzene ring substituents is 1. The molecule has 2 N–H and O–H groups in total. The Morgan fingerprint density at radius 1 is 0.963 bits per heavy atom. The Bertz CT molecular complexity index is 1020. The molecule has 0 radical (unpaired) electrons. The summed E-state index contributed by atoms with van der Waals surface area (Å²) in [7, 11) is 0. The molecule has 2 aromatic carbocycles. The van der Waals surface area contributed by atoms with Gasteiger partial charge in [-0.05, 0) is 42.6 Å². The average molecular weight is 381 g/mol. The van der Waals surface area contributed by atoms with Gasteiger partial charge in [-0.2, -0.15) is 0 Å². The molecule has 0 saturated heterocycles. The van der Waals surface area contributed by atoms with Crippen molar-refractivity contribution in [2.75, 3.05) is 10.6 Å². The van der Waals surface area contributed by atoms with Crippen LogP contribution in [0.4, 0.5) is 17.1 Å². The van der Waals surface area contributed by atoms with Crippen LogP contribution in [0.1, 0.15) is 25.6 Å². The second-order valence-electron chi connectivity index (χ2n) is 5.67. The first-order valence-corrected chi connectivity index (χ1v) is 8.84. The lowest BCUT2D eigenvalue weighted by Crippen LogP contribution is -2.15. The number of nitrogens with zero attached hydrogens (tertiary/aromatic N) is 1. The summed E-state index contributed by atoms with van der Waals surface area (Å²) < 4.78 is 0. The molecule has 8 heteroatoms. The fourth-order valence-corrected chi connectivity index (χ4v) is 3.16. The number of benzene rings is 2. The van der Waals surface area contributed by atoms with Crippen molar-refractivity contribution in [2.24, 2.45) is 0 Å². The van der Waals surface area contributed by atoms with E-state index in [4.69, 9.17) is 0 Å². The van der Waals surface area contributed by atoms with Crippen LogP contribution in [0, 0.1) is 17.0 Å². The summed E-state index contributed by atoms with van der Waals surface area (Å²) in [4.78, 5) is 35.7. The Labute approximate surface area is 158 Å². The quantitative estimate of drug-likeness (QED) is 0.503. The van der Waals surface area contributed by atoms with Crippen LogP contribution < -0.4 is 10.6 Å². The van der Waals surface area contributed by atoms with Crippen molar-refractivity contribution in [3.05, 3.63) is 86.1 Å². The number of anilines is 2. The maximum absolute atomic E-state index is 12.5. The monoisotopic (exact) mass is 381 g/mol. The lowest BCUT2D eigenvalue weighted by Gasteiger charge is -2.10. The van der Waals surface area contributed by atoms with Crippen LogP contribution in [0.5, 0.6) is 0 Å². The summed E-state index contributed by atoms with van der Waals surface area (Å²) in [5.41, 5.74) is 1.40. The SMILES string of the molecule is Cc1c(C(=O)Nc2cccc(NC(=O)c3cccs3)c2)cccc1[N+](=O)[O-]. The minimum Gasteiger partial charge on any atom is -0.322 e. The van der Waals surface area contributed by atoms with Crippen molar-refractivity contribution < 1.29 is 14.5 Å². The van der Waals surface area contributed by atoms with Crippen molar-refractivity contribution in [1.29, 1.82) is 0 Å². The molecule has 1 aromatic heterocycles. The zero-order valence-corrected chi connectivity index (χ0v) is 15.1. The van der Waals surface area contributed by atoms with Gasteiger partial charge in [0.05, 0.1) is 9.80 Å². The van der Waals surface area contributed by atoms with E-state index in [-0.39, 0.29) is 17.2 Å². The second kappa shape index (κ2) is 7.79. The summed E-state index contributed by atoms with van der Waals surface area (Å²) in [5, 5.41) is 18.3. The molecule has 0 atom stereocenters. The molecular formula is C19H15N3O4S. The Morgan fingerprint density at radius 2 is 1.63 bits per heavy atom. The van der Waals surface area contributed by atoms with Crippen molar-refractivity contribution >= 4 is 40.2 Å². The number of nitro groups is 1. The molecular weight excluding hydrogens is 366 g/mol. The zero-order valence-electron chi connectivity index (χ0n) is 14.3. The van der Waals surface area contributed by atoms with E-state index in [1.165, 1.54) is 36.5 Å². The smallest absolute Gasteiger partial charge is 0.273 e. The van der Waals surface area contributed by atoms with Gasteiger partial charge in [-0.15, -0.1) is 11.3 Å². The Morgan fingerprint density at radius 3 is 2.26 bits per heavy atom. The van der Waals surface area contributed by atoms with Gasteiger partial charge in [0.2, 0.25) is 0 Å². The Kier molecular flexibility index (Phi) is 5.28. The molecule has 136 valence electrons. The minimum absolute atomic E-state index is 0.111. The number of hydrogen-bond acceptors (Lipinski definition) is 5. The third kappa shape index (κ3) is 4.18. The van der Waals surface area contributed by atoms with E-state index in [2.05, 4.69) is 10.6 Å². The number of hydrogen-bond donors (Lipinski definition) is 2. The van der Waals surface area contributed by atoms with Crippen molar-refractivity contribution in [3.8, 4) is 0 Å². The molecule has 27 heavy (non-hydrogen) atoms. The van der Waals surface area contributed by atoms with E-state index < -0.39 is 10.8 Å². The molecule has 2 amide bonds. The summed E-state index contributed by atoms with van der Waals surface area (Å²) in [5.74, 6) is -0.694. The average Bonchev–Trinajstić information content (AvgIpc) is 3.16. The summed E-state index contributed by atoms with van der Waals surface area (Å²) in [6, 6.07) is 14.6. The highest BCUT2D eigenvalue weighted by molar-refractivity contribution is 7.12. The molecule has 0 unspecified atom stereocenters. The highest BCUT2D eigenvalue weighted by atomic mass is 32.1. The Hall–Kier alpha value is -3.52. The predicted molar refractivity (Wildman–Crippen MR) is 105 cm³/mol. The van der Waals surface area contributed by atoms with Crippen molar-refractivity contribution in [2.45, 2.75) is 6.92 Å². The van der Waals surface area contributed by atoms with Crippen LogP contribution in [0.2, 0.25) is 0 Å². The van der Waals surface area contributed by atoms with Crippen LogP contribution in [0.3, 0.4) is 0 Å². The van der Waals surface area contributed by atoms with Gasteiger partial charge < -0.3 is 10.6 Å². The van der Waals surface area contributed by atoms with Gasteiger partial charge in [-0.3, -0.25) is 19.7 Å². The van der Waals surface area contributed by atoms with E-state index in [1.54, 1.807) is 36.4 Å². The first kappa shape index (κ1) is 18.3. The standard InChI is InChI=1S/C19H15N3O4S/c1-12-15(7-3-8-16(12)22(25)26)18(23)20-13-5-2-6-14(11-13)21-19(24)17-9-4-10-27-17/h2-11H,1H3,(H,20,23)(H,21,24). The van der Waals surface area contributed by atoms with Gasteiger partial charge in [0, 0.05) is 28.6 Å². The van der Waals surface area contributed by atoms with Crippen LogP contribution in [0.15, 0.2) is 60.0 Å². The molecule has 0 saturated carbocycles. The van der Waals surface area contributed by atoms with E-state index >= 15 is 0 Å². The third-order valence-corrected chi connectivity index (χ3v) is 4.74. The number of nitrogens with one attached hydrogen (secondary N) is 2. The summed E-state index contributed by atoms with van der Waals surface area (Å²) in [6.45, 7) is 1.53. The van der Waals surface area contributed by atoms with Crippen molar-refractivity contribution in [3.63, 3.8) is 0 Å². The van der Waals surface area contributed by atoms with Crippen LogP contribution in [-0.4, -0.2) is 16.7 Å². The molecule has 0 fully saturated rings. The molecule has 0 aliphatic heterocycles. The molecule has 0 spiro atoms. The largest absolute Gasteiger partial charge is 0.322 e. The van der Waals surface area contributed by atoms with Crippen LogP contribution in [0.25, 0.3) is 0 Å². The van der Waals surface area contributed by atoms with Gasteiger partial charge >= 0.3 is 0 Å². The molecule has 0 aliphatic rings. The minimum atomic E-state index is -0.521. The number of thiophene rings is 1. The summed E-state index contributed by atoms with van der Waals surface area (Å²) in [6.07, 6.45) is 0. The molecule has 7 nitrogen and oxygen atoms in total. The normalized spacial score (nSPS) is 10.3. The molecule has 3 rings (SSSR count). The lowest BCUT2D eigenvalue weighted by atomic mass is 10.1. The van der Waals surface area contributed by atoms with Gasteiger partial charge in [-0.25, -0.2) is 0 Å². The topological polar surface area (TPSA) is 101 Å². The number of rotatable bonds is 5. The van der Waals surface area contributed by atoms with E-state index in [9.17, 15) is 19.7 Å². The molecule has 0 bridgehead atoms. The first-order chi connectivity index (χ1) is 13.0. The van der Waals surface area contributed by atoms with Gasteiger partial charge in [0.25, 0.3) is 17.5 Å². The van der Waals surface area contributed by atoms with E-state index in [0.29, 0.717) is 21.8 Å². The fourth-order valence-electron chi connectivity index (χ4n) is 2.54. The highest BCUT2D eigenvalue weighted by Crippen LogP contribution is 2.23. The number of carbonyl (C=O) groups excluding carboxylic acids is 2. The molecule has 1 heterocycles. The maximum atomic E-state index is 12.5. The van der Waals surface area contributed by atoms with Crippen molar-refractivity contribution in [1.82, 2.24) is 0 Å². The van der Waals surface area contributed by atoms with E-state index in [0.717, 1.165) is 0 Å². The maximum Gasteiger partial charge on any atom is 0.273 e. The number of carbonyl (C=O) groups is 2. The first-order valence-electron chi connectivity index (χ1n) is 7.96. The van der Waals surface area contributed by atoms with Gasteiger partial charge in [0.1, 0.15) is 0 Å². The highest BCUT2D eigenvalue weighted by Gasteiger charge is 2.18. The fraction of sp³-hybridized carbons (Fsp3) is 0.0526. The van der Waals surface area contributed by atoms with Gasteiger partial charge in [0.15, 0.2) is 0 Å². The second-order valence-corrected chi connectivity index (χ2v) is 6.62.